The fourth-order valence-corrected chi connectivity index (χ4v) is 7.06. The molecule has 0 aliphatic carbocycles. The van der Waals surface area contributed by atoms with Crippen molar-refractivity contribution in [3.8, 4) is 0 Å². The first-order valence-electron chi connectivity index (χ1n) is 24.4. The first-order valence-corrected chi connectivity index (χ1v) is 24.4. The normalized spacial score (nSPS) is 20.5. The molecule has 9 nitrogen and oxygen atoms in total. The van der Waals surface area contributed by atoms with Gasteiger partial charge in [0, 0.05) is 13.0 Å². The third-order valence-electron chi connectivity index (χ3n) is 10.9. The molecular weight excluding hydrogens is 757 g/mol. The summed E-state index contributed by atoms with van der Waals surface area (Å²) >= 11 is 0. The largest absolute Gasteiger partial charge is 0.457 e. The number of unbranched alkanes of at least 4 members (excludes halogenated alkanes) is 20. The topological polar surface area (TPSA) is 135 Å². The number of carbonyl (C=O) groups excluding carboxylic acids is 1. The van der Waals surface area contributed by atoms with Gasteiger partial charge in [0.05, 0.1) is 19.8 Å². The Morgan fingerprint density at radius 3 is 1.48 bits per heavy atom. The monoisotopic (exact) mass is 847 g/mol. The predicted octanol–water partition coefficient (Wildman–Crippen LogP) is 11.5. The van der Waals surface area contributed by atoms with Crippen molar-refractivity contribution in [2.24, 2.45) is 0 Å². The number of allylic oxidation sites excluding steroid dienone is 10. The Morgan fingerprint density at radius 2 is 0.967 bits per heavy atom. The molecule has 0 amide bonds. The molecule has 0 radical (unpaired) electrons. The summed E-state index contributed by atoms with van der Waals surface area (Å²) < 4.78 is 22.8. The van der Waals surface area contributed by atoms with Crippen molar-refractivity contribution in [2.75, 3.05) is 26.4 Å². The minimum Gasteiger partial charge on any atom is -0.457 e. The summed E-state index contributed by atoms with van der Waals surface area (Å²) in [6.07, 6.45) is 46.7. The van der Waals surface area contributed by atoms with Crippen molar-refractivity contribution < 1.29 is 44.2 Å². The van der Waals surface area contributed by atoms with Crippen molar-refractivity contribution in [1.29, 1.82) is 0 Å². The first-order chi connectivity index (χ1) is 29.4. The number of aliphatic hydroxyl groups is 4. The Labute approximate surface area is 366 Å². The summed E-state index contributed by atoms with van der Waals surface area (Å²) in [6.45, 7) is 4.48. The zero-order valence-electron chi connectivity index (χ0n) is 38.2. The highest BCUT2D eigenvalue weighted by molar-refractivity contribution is 5.69. The van der Waals surface area contributed by atoms with Crippen LogP contribution in [0.4, 0.5) is 0 Å². The second-order valence-corrected chi connectivity index (χ2v) is 16.6. The summed E-state index contributed by atoms with van der Waals surface area (Å²) in [4.78, 5) is 12.8. The van der Waals surface area contributed by atoms with Crippen LogP contribution in [0.1, 0.15) is 194 Å². The van der Waals surface area contributed by atoms with E-state index in [-0.39, 0.29) is 19.2 Å². The third-order valence-corrected chi connectivity index (χ3v) is 10.9. The van der Waals surface area contributed by atoms with Crippen LogP contribution in [0.2, 0.25) is 0 Å². The SMILES string of the molecule is CCCCC/C=C\C/C=C\CCCCCCCC(=O)OC(COCCCCCCCCC/C=C\C/C=C\C/C=C\CCCCCCC)COC1OC(CO)C(O)C(O)C1O. The van der Waals surface area contributed by atoms with Gasteiger partial charge in [-0.15, -0.1) is 0 Å². The maximum Gasteiger partial charge on any atom is 0.306 e. The quantitative estimate of drug-likeness (QED) is 0.0269. The van der Waals surface area contributed by atoms with E-state index in [0.717, 1.165) is 83.5 Å². The van der Waals surface area contributed by atoms with Crippen molar-refractivity contribution in [1.82, 2.24) is 0 Å². The van der Waals surface area contributed by atoms with Crippen LogP contribution >= 0.6 is 0 Å². The molecule has 1 heterocycles. The zero-order valence-corrected chi connectivity index (χ0v) is 38.2. The molecule has 0 aromatic heterocycles. The predicted molar refractivity (Wildman–Crippen MR) is 247 cm³/mol. The van der Waals surface area contributed by atoms with E-state index in [1.807, 2.05) is 0 Å². The van der Waals surface area contributed by atoms with Crippen LogP contribution in [-0.2, 0) is 23.7 Å². The summed E-state index contributed by atoms with van der Waals surface area (Å²) in [6, 6.07) is 0. The van der Waals surface area contributed by atoms with Crippen LogP contribution in [-0.4, -0.2) is 89.6 Å². The third kappa shape index (κ3) is 32.6. The second-order valence-electron chi connectivity index (χ2n) is 16.6. The van der Waals surface area contributed by atoms with E-state index in [0.29, 0.717) is 13.0 Å². The number of carbonyl (C=O) groups is 1. The molecule has 1 fully saturated rings. The van der Waals surface area contributed by atoms with E-state index in [9.17, 15) is 25.2 Å². The molecule has 0 spiro atoms. The van der Waals surface area contributed by atoms with Gasteiger partial charge in [-0.2, -0.15) is 0 Å². The number of hydrogen-bond acceptors (Lipinski definition) is 9. The molecule has 6 unspecified atom stereocenters. The smallest absolute Gasteiger partial charge is 0.306 e. The van der Waals surface area contributed by atoms with E-state index in [2.05, 4.69) is 74.6 Å². The maximum absolute atomic E-state index is 12.8. The van der Waals surface area contributed by atoms with Crippen LogP contribution < -0.4 is 0 Å². The number of aliphatic hydroxyl groups excluding tert-OH is 4. The van der Waals surface area contributed by atoms with Crippen LogP contribution in [0.3, 0.4) is 0 Å². The fraction of sp³-hybridized carbons (Fsp3) is 0.784. The molecule has 348 valence electrons. The van der Waals surface area contributed by atoms with Gasteiger partial charge in [0.1, 0.15) is 30.5 Å². The number of rotatable bonds is 41. The molecule has 1 saturated heterocycles. The minimum atomic E-state index is -1.54. The average molecular weight is 847 g/mol. The Morgan fingerprint density at radius 1 is 0.533 bits per heavy atom. The van der Waals surface area contributed by atoms with Gasteiger partial charge in [0.2, 0.25) is 0 Å². The highest BCUT2D eigenvalue weighted by Gasteiger charge is 2.44. The van der Waals surface area contributed by atoms with Gasteiger partial charge in [-0.1, -0.05) is 164 Å². The van der Waals surface area contributed by atoms with E-state index < -0.39 is 43.4 Å². The first kappa shape index (κ1) is 55.9. The highest BCUT2D eigenvalue weighted by atomic mass is 16.7. The van der Waals surface area contributed by atoms with Gasteiger partial charge >= 0.3 is 5.97 Å². The lowest BCUT2D eigenvalue weighted by Gasteiger charge is -2.39. The number of hydrogen-bond donors (Lipinski definition) is 4. The summed E-state index contributed by atoms with van der Waals surface area (Å²) in [5, 5.41) is 40.2. The molecule has 6 atom stereocenters. The van der Waals surface area contributed by atoms with Gasteiger partial charge in [0.25, 0.3) is 0 Å². The summed E-state index contributed by atoms with van der Waals surface area (Å²) in [5.74, 6) is -0.332. The molecule has 0 aromatic carbocycles. The molecule has 0 saturated carbocycles. The number of ether oxygens (including phenoxy) is 4. The van der Waals surface area contributed by atoms with Gasteiger partial charge < -0.3 is 39.4 Å². The molecule has 0 aromatic rings. The Bertz CT molecular complexity index is 1100. The minimum absolute atomic E-state index is 0.126. The number of esters is 1. The standard InChI is InChI=1S/C51H90O9/c1-3-5-7-9-11-13-15-17-19-20-21-22-23-24-25-27-29-31-33-35-37-39-41-57-43-45(44-58-51-50(56)49(55)48(54)46(42-52)60-51)59-47(53)40-38-36-34-32-30-28-26-18-16-14-12-10-8-6-4-2/h12,14-15,17-18,20-21,23-24,26,45-46,48-52,54-56H,3-11,13,16,19,22,25,27-44H2,1-2H3/b14-12-,17-15-,21-20-,24-23-,26-18-. The summed E-state index contributed by atoms with van der Waals surface area (Å²) in [7, 11) is 0. The molecule has 60 heavy (non-hydrogen) atoms. The van der Waals surface area contributed by atoms with E-state index in [1.54, 1.807) is 0 Å². The van der Waals surface area contributed by atoms with E-state index >= 15 is 0 Å². The molecule has 1 aliphatic rings. The van der Waals surface area contributed by atoms with Crippen molar-refractivity contribution in [3.05, 3.63) is 60.8 Å². The van der Waals surface area contributed by atoms with E-state index in [1.165, 1.54) is 89.9 Å². The van der Waals surface area contributed by atoms with Crippen molar-refractivity contribution in [3.63, 3.8) is 0 Å². The van der Waals surface area contributed by atoms with Gasteiger partial charge in [-0.25, -0.2) is 0 Å². The second kappa shape index (κ2) is 42.2. The molecule has 0 bridgehead atoms. The highest BCUT2D eigenvalue weighted by Crippen LogP contribution is 2.22. The average Bonchev–Trinajstić information content (AvgIpc) is 3.25. The van der Waals surface area contributed by atoms with Crippen LogP contribution in [0, 0.1) is 0 Å². The zero-order chi connectivity index (χ0) is 43.6. The Hall–Kier alpha value is -2.11. The lowest BCUT2D eigenvalue weighted by atomic mass is 9.99. The van der Waals surface area contributed by atoms with E-state index in [4.69, 9.17) is 18.9 Å². The maximum atomic E-state index is 12.8. The van der Waals surface area contributed by atoms with Gasteiger partial charge in [0.15, 0.2) is 6.29 Å². The summed E-state index contributed by atoms with van der Waals surface area (Å²) in [5.41, 5.74) is 0. The molecule has 1 rings (SSSR count). The van der Waals surface area contributed by atoms with Crippen molar-refractivity contribution >= 4 is 5.97 Å². The van der Waals surface area contributed by atoms with Crippen LogP contribution in [0.5, 0.6) is 0 Å². The molecule has 4 N–H and O–H groups in total. The Balaban J connectivity index is 2.25. The lowest BCUT2D eigenvalue weighted by molar-refractivity contribution is -0.305. The van der Waals surface area contributed by atoms with Gasteiger partial charge in [-0.05, 0) is 83.5 Å². The molecular formula is C51H90O9. The van der Waals surface area contributed by atoms with Gasteiger partial charge in [-0.3, -0.25) is 4.79 Å². The van der Waals surface area contributed by atoms with Crippen LogP contribution in [0.25, 0.3) is 0 Å². The Kier molecular flexibility index (Phi) is 39.3. The fourth-order valence-electron chi connectivity index (χ4n) is 7.06. The molecule has 1 aliphatic heterocycles. The molecule has 9 heteroatoms. The van der Waals surface area contributed by atoms with Crippen molar-refractivity contribution in [2.45, 2.75) is 230 Å². The van der Waals surface area contributed by atoms with Crippen LogP contribution in [0.15, 0.2) is 60.8 Å². The lowest BCUT2D eigenvalue weighted by Crippen LogP contribution is -2.59.